The predicted octanol–water partition coefficient (Wildman–Crippen LogP) is 2.51. The molecule has 0 aromatic carbocycles. The van der Waals surface area contributed by atoms with Gasteiger partial charge in [0.2, 0.25) is 0 Å². The highest BCUT2D eigenvalue weighted by atomic mass is 79.9. The number of hydrogen-bond donors (Lipinski definition) is 2. The summed E-state index contributed by atoms with van der Waals surface area (Å²) in [5.74, 6) is 5.90. The zero-order chi connectivity index (χ0) is 11.1. The first-order valence-electron chi connectivity index (χ1n) is 4.85. The van der Waals surface area contributed by atoms with E-state index in [4.69, 9.17) is 5.73 Å². The molecule has 0 amide bonds. The molecule has 82 valence electrons. The maximum Gasteiger partial charge on any atom is 0.0551 e. The summed E-state index contributed by atoms with van der Waals surface area (Å²) >= 11 is 5.24. The van der Waals surface area contributed by atoms with E-state index in [2.05, 4.69) is 44.5 Å². The molecule has 3 N–H and O–H groups in total. The predicted molar refractivity (Wildman–Crippen MR) is 69.9 cm³/mol. The van der Waals surface area contributed by atoms with Crippen LogP contribution >= 0.6 is 27.3 Å². The third-order valence-corrected chi connectivity index (χ3v) is 4.00. The molecule has 0 aliphatic carbocycles. The second-order valence-corrected chi connectivity index (χ2v) is 4.85. The third kappa shape index (κ3) is 3.96. The normalized spacial score (nSPS) is 11.9. The SMILES string of the molecule is CC#CCCNC(CN)c1sccc1Br. The first-order chi connectivity index (χ1) is 7.29. The van der Waals surface area contributed by atoms with Crippen LogP contribution < -0.4 is 11.1 Å². The van der Waals surface area contributed by atoms with Crippen LogP contribution in [0.1, 0.15) is 24.3 Å². The van der Waals surface area contributed by atoms with E-state index >= 15 is 0 Å². The van der Waals surface area contributed by atoms with E-state index < -0.39 is 0 Å². The molecule has 0 spiro atoms. The summed E-state index contributed by atoms with van der Waals surface area (Å²) in [5, 5.41) is 5.47. The van der Waals surface area contributed by atoms with Gasteiger partial charge in [0.25, 0.3) is 0 Å². The molecule has 0 radical (unpaired) electrons. The minimum atomic E-state index is 0.234. The van der Waals surface area contributed by atoms with Gasteiger partial charge < -0.3 is 11.1 Å². The van der Waals surface area contributed by atoms with Crippen LogP contribution in [0.3, 0.4) is 0 Å². The molecular weight excluding hydrogens is 272 g/mol. The lowest BCUT2D eigenvalue weighted by Crippen LogP contribution is -2.28. The first-order valence-corrected chi connectivity index (χ1v) is 6.52. The van der Waals surface area contributed by atoms with Gasteiger partial charge in [-0.3, -0.25) is 0 Å². The van der Waals surface area contributed by atoms with Crippen LogP contribution in [0.15, 0.2) is 15.9 Å². The second kappa shape index (κ2) is 7.02. The Kier molecular flexibility index (Phi) is 5.96. The van der Waals surface area contributed by atoms with E-state index in [0.29, 0.717) is 6.54 Å². The summed E-state index contributed by atoms with van der Waals surface area (Å²) < 4.78 is 1.14. The Morgan fingerprint density at radius 3 is 3.00 bits per heavy atom. The van der Waals surface area contributed by atoms with Crippen molar-refractivity contribution in [2.45, 2.75) is 19.4 Å². The molecule has 15 heavy (non-hydrogen) atoms. The lowest BCUT2D eigenvalue weighted by Gasteiger charge is -2.15. The zero-order valence-electron chi connectivity index (χ0n) is 8.72. The Morgan fingerprint density at radius 1 is 1.67 bits per heavy atom. The highest BCUT2D eigenvalue weighted by Gasteiger charge is 2.12. The molecular formula is C11H15BrN2S. The van der Waals surface area contributed by atoms with Crippen molar-refractivity contribution >= 4 is 27.3 Å². The largest absolute Gasteiger partial charge is 0.329 e. The van der Waals surface area contributed by atoms with E-state index in [1.165, 1.54) is 4.88 Å². The molecule has 4 heteroatoms. The molecule has 0 aliphatic heterocycles. The Bertz CT molecular complexity index is 351. The van der Waals surface area contributed by atoms with E-state index in [-0.39, 0.29) is 6.04 Å². The average Bonchev–Trinajstić information content (AvgIpc) is 2.65. The summed E-state index contributed by atoms with van der Waals surface area (Å²) in [4.78, 5) is 1.27. The van der Waals surface area contributed by atoms with Crippen molar-refractivity contribution in [1.29, 1.82) is 0 Å². The van der Waals surface area contributed by atoms with Crippen molar-refractivity contribution in [3.8, 4) is 11.8 Å². The van der Waals surface area contributed by atoms with E-state index in [0.717, 1.165) is 17.4 Å². The van der Waals surface area contributed by atoms with Crippen molar-refractivity contribution in [3.63, 3.8) is 0 Å². The maximum atomic E-state index is 5.73. The van der Waals surface area contributed by atoms with Crippen molar-refractivity contribution in [2.75, 3.05) is 13.1 Å². The van der Waals surface area contributed by atoms with Crippen LogP contribution in [0.5, 0.6) is 0 Å². The molecule has 0 bridgehead atoms. The van der Waals surface area contributed by atoms with E-state index in [9.17, 15) is 0 Å². The molecule has 1 rings (SSSR count). The quantitative estimate of drug-likeness (QED) is 0.645. The molecule has 0 fully saturated rings. The number of hydrogen-bond acceptors (Lipinski definition) is 3. The number of nitrogens with two attached hydrogens (primary N) is 1. The molecule has 1 heterocycles. The summed E-state index contributed by atoms with van der Waals surface area (Å²) in [6, 6.07) is 2.29. The summed E-state index contributed by atoms with van der Waals surface area (Å²) in [5.41, 5.74) is 5.73. The standard InChI is InChI=1S/C11H15BrN2S/c1-2-3-4-6-14-10(8-13)11-9(12)5-7-15-11/h5,7,10,14H,4,6,8,13H2,1H3. The summed E-state index contributed by atoms with van der Waals surface area (Å²) in [7, 11) is 0. The number of rotatable bonds is 5. The topological polar surface area (TPSA) is 38.0 Å². The number of halogens is 1. The number of nitrogens with one attached hydrogen (secondary N) is 1. The highest BCUT2D eigenvalue weighted by molar-refractivity contribution is 9.10. The van der Waals surface area contributed by atoms with Gasteiger partial charge in [-0.1, -0.05) is 0 Å². The van der Waals surface area contributed by atoms with E-state index in [1.807, 2.05) is 6.92 Å². The van der Waals surface area contributed by atoms with Gasteiger partial charge in [0.1, 0.15) is 0 Å². The first kappa shape index (κ1) is 12.7. The fourth-order valence-electron chi connectivity index (χ4n) is 1.27. The average molecular weight is 287 g/mol. The Hall–Kier alpha value is -0.340. The van der Waals surface area contributed by atoms with Gasteiger partial charge in [-0.05, 0) is 34.3 Å². The lowest BCUT2D eigenvalue weighted by molar-refractivity contribution is 0.557. The monoisotopic (exact) mass is 286 g/mol. The Morgan fingerprint density at radius 2 is 2.47 bits per heavy atom. The minimum absolute atomic E-state index is 0.234. The van der Waals surface area contributed by atoms with Gasteiger partial charge in [0.15, 0.2) is 0 Å². The Labute approximate surface area is 103 Å². The van der Waals surface area contributed by atoms with Crippen molar-refractivity contribution < 1.29 is 0 Å². The molecule has 1 atom stereocenters. The van der Waals surface area contributed by atoms with Gasteiger partial charge in [-0.2, -0.15) is 0 Å². The molecule has 0 aliphatic rings. The van der Waals surface area contributed by atoms with Crippen LogP contribution in [0.4, 0.5) is 0 Å². The van der Waals surface area contributed by atoms with Gasteiger partial charge in [-0.15, -0.1) is 23.2 Å². The van der Waals surface area contributed by atoms with Gasteiger partial charge in [-0.25, -0.2) is 0 Å². The molecule has 2 nitrogen and oxygen atoms in total. The third-order valence-electron chi connectivity index (χ3n) is 2.01. The molecule has 1 aromatic heterocycles. The molecule has 1 aromatic rings. The van der Waals surface area contributed by atoms with E-state index in [1.54, 1.807) is 11.3 Å². The minimum Gasteiger partial charge on any atom is -0.329 e. The second-order valence-electron chi connectivity index (χ2n) is 3.05. The zero-order valence-corrected chi connectivity index (χ0v) is 11.1. The summed E-state index contributed by atoms with van der Waals surface area (Å²) in [6.45, 7) is 3.35. The molecule has 0 saturated heterocycles. The van der Waals surface area contributed by atoms with Crippen LogP contribution in [0.25, 0.3) is 0 Å². The maximum absolute atomic E-state index is 5.73. The van der Waals surface area contributed by atoms with Crippen molar-refractivity contribution in [3.05, 3.63) is 20.8 Å². The van der Waals surface area contributed by atoms with Gasteiger partial charge >= 0.3 is 0 Å². The van der Waals surface area contributed by atoms with Crippen LogP contribution in [-0.4, -0.2) is 13.1 Å². The van der Waals surface area contributed by atoms with Gasteiger partial charge in [0, 0.05) is 28.9 Å². The fraction of sp³-hybridized carbons (Fsp3) is 0.455. The van der Waals surface area contributed by atoms with Crippen LogP contribution in [0.2, 0.25) is 0 Å². The van der Waals surface area contributed by atoms with Gasteiger partial charge in [0.05, 0.1) is 6.04 Å². The van der Waals surface area contributed by atoms with Crippen molar-refractivity contribution in [2.24, 2.45) is 5.73 Å². The van der Waals surface area contributed by atoms with Crippen LogP contribution in [-0.2, 0) is 0 Å². The lowest BCUT2D eigenvalue weighted by atomic mass is 10.2. The van der Waals surface area contributed by atoms with Crippen molar-refractivity contribution in [1.82, 2.24) is 5.32 Å². The molecule has 1 unspecified atom stereocenters. The number of thiophene rings is 1. The summed E-state index contributed by atoms with van der Waals surface area (Å²) in [6.07, 6.45) is 0.871. The fourth-order valence-corrected chi connectivity index (χ4v) is 3.01. The smallest absolute Gasteiger partial charge is 0.0551 e. The van der Waals surface area contributed by atoms with Crippen LogP contribution in [0, 0.1) is 11.8 Å². The highest BCUT2D eigenvalue weighted by Crippen LogP contribution is 2.28. The molecule has 0 saturated carbocycles. The Balaban J connectivity index is 2.48.